The van der Waals surface area contributed by atoms with Gasteiger partial charge in [0.15, 0.2) is 6.61 Å². The zero-order valence-corrected chi connectivity index (χ0v) is 20.4. The Kier molecular flexibility index (Phi) is 9.30. The number of carbonyl (C=O) groups is 2. The van der Waals surface area contributed by atoms with E-state index in [2.05, 4.69) is 33.0 Å². The predicted octanol–water partition coefficient (Wildman–Crippen LogP) is 5.00. The Balaban J connectivity index is 2.11. The summed E-state index contributed by atoms with van der Waals surface area (Å²) in [5, 5.41) is 2.94. The van der Waals surface area contributed by atoms with Crippen molar-refractivity contribution in [2.24, 2.45) is 0 Å². The molecule has 174 valence electrons. The van der Waals surface area contributed by atoms with E-state index in [0.29, 0.717) is 18.8 Å². The average Bonchev–Trinajstić information content (AvgIpc) is 2.75. The van der Waals surface area contributed by atoms with E-state index in [9.17, 15) is 9.59 Å². The second-order valence-corrected chi connectivity index (χ2v) is 9.39. The van der Waals surface area contributed by atoms with Crippen LogP contribution in [0.15, 0.2) is 48.5 Å². The Morgan fingerprint density at radius 1 is 1.09 bits per heavy atom. The first-order valence-corrected chi connectivity index (χ1v) is 11.5. The third-order valence-corrected chi connectivity index (χ3v) is 5.51. The van der Waals surface area contributed by atoms with Gasteiger partial charge in [-0.1, -0.05) is 76.1 Å². The molecule has 0 saturated carbocycles. The number of nitrogens with one attached hydrogen (secondary N) is 1. The van der Waals surface area contributed by atoms with Crippen LogP contribution in [0, 0.1) is 6.92 Å². The van der Waals surface area contributed by atoms with Crippen molar-refractivity contribution in [2.45, 2.75) is 72.4 Å². The highest BCUT2D eigenvalue weighted by Gasteiger charge is 2.26. The minimum atomic E-state index is -0.591. The maximum Gasteiger partial charge on any atom is 0.261 e. The molecule has 32 heavy (non-hydrogen) atoms. The van der Waals surface area contributed by atoms with Gasteiger partial charge in [0.05, 0.1) is 0 Å². The molecule has 5 heteroatoms. The molecule has 0 fully saturated rings. The van der Waals surface area contributed by atoms with Crippen LogP contribution in [-0.4, -0.2) is 35.9 Å². The van der Waals surface area contributed by atoms with Gasteiger partial charge in [0.1, 0.15) is 11.8 Å². The molecule has 0 aliphatic heterocycles. The predicted molar refractivity (Wildman–Crippen MR) is 130 cm³/mol. The lowest BCUT2D eigenvalue weighted by Crippen LogP contribution is -2.49. The van der Waals surface area contributed by atoms with E-state index in [1.165, 1.54) is 5.56 Å². The molecular weight excluding hydrogens is 400 g/mol. The molecule has 0 bridgehead atoms. The first kappa shape index (κ1) is 25.4. The molecule has 0 radical (unpaired) electrons. The number of amides is 2. The van der Waals surface area contributed by atoms with E-state index in [4.69, 9.17) is 4.74 Å². The van der Waals surface area contributed by atoms with Gasteiger partial charge >= 0.3 is 0 Å². The fraction of sp³-hybridized carbons (Fsp3) is 0.481. The summed E-state index contributed by atoms with van der Waals surface area (Å²) < 4.78 is 5.78. The van der Waals surface area contributed by atoms with Crippen LogP contribution in [0.1, 0.15) is 64.2 Å². The number of rotatable bonds is 10. The summed E-state index contributed by atoms with van der Waals surface area (Å²) in [7, 11) is 0. The van der Waals surface area contributed by atoms with E-state index < -0.39 is 6.04 Å². The van der Waals surface area contributed by atoms with Crippen LogP contribution in [0.2, 0.25) is 0 Å². The normalized spacial score (nSPS) is 12.2. The van der Waals surface area contributed by atoms with Crippen LogP contribution in [0.3, 0.4) is 0 Å². The van der Waals surface area contributed by atoms with Crippen LogP contribution < -0.4 is 10.1 Å². The van der Waals surface area contributed by atoms with Crippen LogP contribution in [0.5, 0.6) is 5.75 Å². The Morgan fingerprint density at radius 3 is 2.38 bits per heavy atom. The highest BCUT2D eigenvalue weighted by molar-refractivity contribution is 5.87. The van der Waals surface area contributed by atoms with Crippen molar-refractivity contribution in [3.8, 4) is 5.75 Å². The molecule has 0 unspecified atom stereocenters. The number of benzene rings is 2. The first-order valence-electron chi connectivity index (χ1n) is 11.5. The molecule has 0 heterocycles. The van der Waals surface area contributed by atoms with Gasteiger partial charge in [-0.15, -0.1) is 0 Å². The minimum absolute atomic E-state index is 0.0551. The van der Waals surface area contributed by atoms with Crippen LogP contribution >= 0.6 is 0 Å². The van der Waals surface area contributed by atoms with Crippen molar-refractivity contribution >= 4 is 11.8 Å². The van der Waals surface area contributed by atoms with Crippen molar-refractivity contribution < 1.29 is 14.3 Å². The fourth-order valence-electron chi connectivity index (χ4n) is 3.41. The SMILES string of the molecule is CCCCNC(=O)[C@H](C)N(Cc1cccc(C)c1)C(=O)COc1ccc(C(C)(C)C)cc1. The molecule has 1 atom stereocenters. The molecule has 2 aromatic carbocycles. The molecule has 2 aromatic rings. The third kappa shape index (κ3) is 7.70. The number of hydrogen-bond acceptors (Lipinski definition) is 3. The maximum absolute atomic E-state index is 13.1. The topological polar surface area (TPSA) is 58.6 Å². The van der Waals surface area contributed by atoms with Crippen LogP contribution in [-0.2, 0) is 21.5 Å². The first-order chi connectivity index (χ1) is 15.1. The summed E-state index contributed by atoms with van der Waals surface area (Å²) in [4.78, 5) is 27.4. The van der Waals surface area contributed by atoms with E-state index in [-0.39, 0.29) is 23.8 Å². The summed E-state index contributed by atoms with van der Waals surface area (Å²) in [5.41, 5.74) is 3.36. The molecule has 0 saturated heterocycles. The van der Waals surface area contributed by atoms with Crippen molar-refractivity contribution in [3.63, 3.8) is 0 Å². The molecule has 0 spiro atoms. The largest absolute Gasteiger partial charge is 0.484 e. The minimum Gasteiger partial charge on any atom is -0.484 e. The number of unbranched alkanes of at least 4 members (excludes halogenated alkanes) is 1. The van der Waals surface area contributed by atoms with Gasteiger partial charge in [0, 0.05) is 13.1 Å². The molecule has 5 nitrogen and oxygen atoms in total. The summed E-state index contributed by atoms with van der Waals surface area (Å²) in [6.07, 6.45) is 1.92. The zero-order valence-electron chi connectivity index (χ0n) is 20.4. The van der Waals surface area contributed by atoms with Gasteiger partial charge in [-0.05, 0) is 48.9 Å². The average molecular weight is 439 g/mol. The van der Waals surface area contributed by atoms with Crippen LogP contribution in [0.25, 0.3) is 0 Å². The third-order valence-electron chi connectivity index (χ3n) is 5.51. The number of ether oxygens (including phenoxy) is 1. The summed E-state index contributed by atoms with van der Waals surface area (Å²) in [6.45, 7) is 13.2. The Morgan fingerprint density at radius 2 is 1.78 bits per heavy atom. The van der Waals surface area contributed by atoms with E-state index >= 15 is 0 Å². The standard InChI is InChI=1S/C27H38N2O3/c1-7-8-16-28-26(31)21(3)29(18-22-11-9-10-20(2)17-22)25(30)19-32-24-14-12-23(13-15-24)27(4,5)6/h9-15,17,21H,7-8,16,18-19H2,1-6H3,(H,28,31)/t21-/m0/s1. The summed E-state index contributed by atoms with van der Waals surface area (Å²) >= 11 is 0. The van der Waals surface area contributed by atoms with Crippen LogP contribution in [0.4, 0.5) is 0 Å². The molecule has 2 amide bonds. The molecule has 2 rings (SSSR count). The lowest BCUT2D eigenvalue weighted by atomic mass is 9.87. The van der Waals surface area contributed by atoms with Gasteiger partial charge in [-0.2, -0.15) is 0 Å². The van der Waals surface area contributed by atoms with E-state index in [1.807, 2.05) is 55.5 Å². The monoisotopic (exact) mass is 438 g/mol. The molecule has 0 aliphatic carbocycles. The lowest BCUT2D eigenvalue weighted by molar-refractivity contribution is -0.142. The van der Waals surface area contributed by atoms with E-state index in [0.717, 1.165) is 24.0 Å². The van der Waals surface area contributed by atoms with Crippen molar-refractivity contribution in [1.29, 1.82) is 0 Å². The molecule has 0 aliphatic rings. The Labute approximate surface area is 193 Å². The second-order valence-electron chi connectivity index (χ2n) is 9.39. The van der Waals surface area contributed by atoms with Gasteiger partial charge < -0.3 is 15.0 Å². The van der Waals surface area contributed by atoms with Crippen molar-refractivity contribution in [3.05, 3.63) is 65.2 Å². The van der Waals surface area contributed by atoms with Gasteiger partial charge in [-0.25, -0.2) is 0 Å². The fourth-order valence-corrected chi connectivity index (χ4v) is 3.41. The highest BCUT2D eigenvalue weighted by Crippen LogP contribution is 2.24. The number of nitrogens with zero attached hydrogens (tertiary/aromatic N) is 1. The van der Waals surface area contributed by atoms with Gasteiger partial charge in [0.2, 0.25) is 5.91 Å². The van der Waals surface area contributed by atoms with Crippen molar-refractivity contribution in [1.82, 2.24) is 10.2 Å². The highest BCUT2D eigenvalue weighted by atomic mass is 16.5. The zero-order chi connectivity index (χ0) is 23.7. The Bertz CT molecular complexity index is 885. The Hall–Kier alpha value is -2.82. The number of aryl methyl sites for hydroxylation is 1. The number of hydrogen-bond donors (Lipinski definition) is 1. The maximum atomic E-state index is 13.1. The molecule has 0 aromatic heterocycles. The summed E-state index contributed by atoms with van der Waals surface area (Å²) in [5.74, 6) is 0.278. The smallest absolute Gasteiger partial charge is 0.261 e. The number of carbonyl (C=O) groups excluding carboxylic acids is 2. The quantitative estimate of drug-likeness (QED) is 0.531. The molecule has 1 N–H and O–H groups in total. The van der Waals surface area contributed by atoms with E-state index in [1.54, 1.807) is 11.8 Å². The van der Waals surface area contributed by atoms with Crippen molar-refractivity contribution in [2.75, 3.05) is 13.2 Å². The summed E-state index contributed by atoms with van der Waals surface area (Å²) in [6, 6.07) is 15.2. The molecular formula is C27H38N2O3. The van der Waals surface area contributed by atoms with Gasteiger partial charge in [-0.3, -0.25) is 9.59 Å². The second kappa shape index (κ2) is 11.7. The lowest BCUT2D eigenvalue weighted by Gasteiger charge is -2.29. The van der Waals surface area contributed by atoms with Gasteiger partial charge in [0.25, 0.3) is 5.91 Å².